The zero-order valence-electron chi connectivity index (χ0n) is 10.8. The normalized spacial score (nSPS) is 10.2. The number of carboxylic acid groups (broad SMARTS) is 1. The molecule has 5 nitrogen and oxygen atoms in total. The van der Waals surface area contributed by atoms with E-state index in [0.29, 0.717) is 17.3 Å². The summed E-state index contributed by atoms with van der Waals surface area (Å²) >= 11 is 0. The monoisotopic (exact) mass is 258 g/mol. The van der Waals surface area contributed by atoms with Crippen LogP contribution in [0.3, 0.4) is 0 Å². The van der Waals surface area contributed by atoms with E-state index in [2.05, 4.69) is 9.97 Å². The summed E-state index contributed by atoms with van der Waals surface area (Å²) in [7, 11) is 1.59. The zero-order valence-corrected chi connectivity index (χ0v) is 10.8. The summed E-state index contributed by atoms with van der Waals surface area (Å²) in [5.74, 6) is 0.0480. The van der Waals surface area contributed by atoms with Crippen molar-refractivity contribution in [2.75, 3.05) is 7.11 Å². The highest BCUT2D eigenvalue weighted by atomic mass is 16.5. The molecule has 1 N–H and O–H groups in total. The Labute approximate surface area is 110 Å². The maximum absolute atomic E-state index is 10.7. The lowest BCUT2D eigenvalue weighted by Crippen LogP contribution is -2.06. The predicted octanol–water partition coefficient (Wildman–Crippen LogP) is 2.09. The molecule has 0 atom stereocenters. The Bertz CT molecular complexity index is 611. The molecule has 0 spiro atoms. The quantitative estimate of drug-likeness (QED) is 0.909. The third kappa shape index (κ3) is 3.07. The van der Waals surface area contributed by atoms with Crippen LogP contribution in [0.2, 0.25) is 0 Å². The molecule has 2 aromatic rings. The zero-order chi connectivity index (χ0) is 13.8. The van der Waals surface area contributed by atoms with Crippen molar-refractivity contribution >= 4 is 5.97 Å². The van der Waals surface area contributed by atoms with E-state index in [0.717, 1.165) is 11.3 Å². The van der Waals surface area contributed by atoms with Gasteiger partial charge in [0.15, 0.2) is 0 Å². The molecule has 0 saturated carbocycles. The molecular formula is C14H14N2O3. The maximum Gasteiger partial charge on any atom is 0.311 e. The topological polar surface area (TPSA) is 72.3 Å². The summed E-state index contributed by atoms with van der Waals surface area (Å²) in [6, 6.07) is 9.28. The van der Waals surface area contributed by atoms with Gasteiger partial charge in [0.05, 0.1) is 12.8 Å². The molecule has 0 radical (unpaired) electrons. The molecule has 0 unspecified atom stereocenters. The van der Waals surface area contributed by atoms with Crippen LogP contribution in [0.5, 0.6) is 5.75 Å². The van der Waals surface area contributed by atoms with Gasteiger partial charge in [0.1, 0.15) is 18.0 Å². The minimum atomic E-state index is -0.948. The molecule has 0 aliphatic heterocycles. The average Bonchev–Trinajstić information content (AvgIpc) is 2.37. The SMILES string of the molecule is COc1ccccc1-c1cc(C)nc(CC(=O)O)n1. The van der Waals surface area contributed by atoms with Crippen molar-refractivity contribution in [2.24, 2.45) is 0 Å². The Morgan fingerprint density at radius 3 is 2.74 bits per heavy atom. The van der Waals surface area contributed by atoms with E-state index in [4.69, 9.17) is 9.84 Å². The second-order valence-electron chi connectivity index (χ2n) is 4.08. The second kappa shape index (κ2) is 5.48. The molecular weight excluding hydrogens is 244 g/mol. The van der Waals surface area contributed by atoms with Crippen molar-refractivity contribution in [3.63, 3.8) is 0 Å². The van der Waals surface area contributed by atoms with E-state index in [-0.39, 0.29) is 6.42 Å². The second-order valence-corrected chi connectivity index (χ2v) is 4.08. The molecule has 1 aromatic heterocycles. The first kappa shape index (κ1) is 13.0. The van der Waals surface area contributed by atoms with Crippen molar-refractivity contribution in [3.8, 4) is 17.0 Å². The lowest BCUT2D eigenvalue weighted by Gasteiger charge is -2.09. The van der Waals surface area contributed by atoms with Crippen molar-refractivity contribution < 1.29 is 14.6 Å². The number of carboxylic acids is 1. The number of ether oxygens (including phenoxy) is 1. The predicted molar refractivity (Wildman–Crippen MR) is 70.1 cm³/mol. The number of hydrogen-bond donors (Lipinski definition) is 1. The van der Waals surface area contributed by atoms with Gasteiger partial charge in [-0.3, -0.25) is 4.79 Å². The van der Waals surface area contributed by atoms with Gasteiger partial charge < -0.3 is 9.84 Å². The summed E-state index contributed by atoms with van der Waals surface area (Å²) in [5, 5.41) is 8.82. The number of hydrogen-bond acceptors (Lipinski definition) is 4. The first-order valence-corrected chi connectivity index (χ1v) is 5.80. The number of carbonyl (C=O) groups is 1. The Hall–Kier alpha value is -2.43. The molecule has 0 saturated heterocycles. The summed E-state index contributed by atoms with van der Waals surface area (Å²) in [6.45, 7) is 1.81. The molecule has 0 aliphatic carbocycles. The highest BCUT2D eigenvalue weighted by molar-refractivity contribution is 5.70. The number of aliphatic carboxylic acids is 1. The lowest BCUT2D eigenvalue weighted by molar-refractivity contribution is -0.136. The number of methoxy groups -OCH3 is 1. The van der Waals surface area contributed by atoms with Crippen molar-refractivity contribution in [1.82, 2.24) is 9.97 Å². The fraction of sp³-hybridized carbons (Fsp3) is 0.214. The van der Waals surface area contributed by atoms with Crippen molar-refractivity contribution in [1.29, 1.82) is 0 Å². The summed E-state index contributed by atoms with van der Waals surface area (Å²) in [4.78, 5) is 19.1. The molecule has 0 aliphatic rings. The van der Waals surface area contributed by atoms with Gasteiger partial charge in [-0.25, -0.2) is 9.97 Å². The van der Waals surface area contributed by atoms with Crippen LogP contribution >= 0.6 is 0 Å². The van der Waals surface area contributed by atoms with E-state index < -0.39 is 5.97 Å². The van der Waals surface area contributed by atoms with Crippen molar-refractivity contribution in [3.05, 3.63) is 41.9 Å². The van der Waals surface area contributed by atoms with Crippen LogP contribution in [0.25, 0.3) is 11.3 Å². The number of rotatable bonds is 4. The fourth-order valence-corrected chi connectivity index (χ4v) is 1.84. The highest BCUT2D eigenvalue weighted by Gasteiger charge is 2.11. The van der Waals surface area contributed by atoms with Crippen LogP contribution in [0.15, 0.2) is 30.3 Å². The summed E-state index contributed by atoms with van der Waals surface area (Å²) in [5.41, 5.74) is 2.22. The van der Waals surface area contributed by atoms with E-state index >= 15 is 0 Å². The van der Waals surface area contributed by atoms with E-state index in [1.54, 1.807) is 7.11 Å². The van der Waals surface area contributed by atoms with Crippen LogP contribution in [-0.4, -0.2) is 28.2 Å². The number of aromatic nitrogens is 2. The smallest absolute Gasteiger partial charge is 0.311 e. The van der Waals surface area contributed by atoms with E-state index in [1.165, 1.54) is 0 Å². The van der Waals surface area contributed by atoms with Gasteiger partial charge in [-0.2, -0.15) is 0 Å². The van der Waals surface area contributed by atoms with Crippen molar-refractivity contribution in [2.45, 2.75) is 13.3 Å². The number of benzene rings is 1. The number of nitrogens with zero attached hydrogens (tertiary/aromatic N) is 2. The molecule has 0 fully saturated rings. The van der Waals surface area contributed by atoms with Gasteiger partial charge >= 0.3 is 5.97 Å². The standard InChI is InChI=1S/C14H14N2O3/c1-9-7-11(16-13(15-9)8-14(17)18)10-5-3-4-6-12(10)19-2/h3-7H,8H2,1-2H3,(H,17,18). The molecule has 1 aromatic carbocycles. The van der Waals surface area contributed by atoms with Gasteiger partial charge in [0.25, 0.3) is 0 Å². The van der Waals surface area contributed by atoms with Gasteiger partial charge in [-0.15, -0.1) is 0 Å². The highest BCUT2D eigenvalue weighted by Crippen LogP contribution is 2.28. The summed E-state index contributed by atoms with van der Waals surface area (Å²) in [6.07, 6.45) is -0.191. The van der Waals surface area contributed by atoms with Crippen LogP contribution in [0.4, 0.5) is 0 Å². The molecule has 19 heavy (non-hydrogen) atoms. The summed E-state index contributed by atoms with van der Waals surface area (Å²) < 4.78 is 5.28. The maximum atomic E-state index is 10.7. The van der Waals surface area contributed by atoms with Crippen LogP contribution in [0.1, 0.15) is 11.5 Å². The minimum absolute atomic E-state index is 0.191. The van der Waals surface area contributed by atoms with Crippen LogP contribution < -0.4 is 4.74 Å². The van der Waals surface area contributed by atoms with Gasteiger partial charge in [-0.1, -0.05) is 12.1 Å². The van der Waals surface area contributed by atoms with Crippen LogP contribution in [0, 0.1) is 6.92 Å². The van der Waals surface area contributed by atoms with Gasteiger partial charge in [-0.05, 0) is 25.1 Å². The Kier molecular flexibility index (Phi) is 3.75. The molecule has 0 bridgehead atoms. The van der Waals surface area contributed by atoms with E-state index in [9.17, 15) is 4.79 Å². The third-order valence-electron chi connectivity index (χ3n) is 2.59. The van der Waals surface area contributed by atoms with Crippen LogP contribution in [-0.2, 0) is 11.2 Å². The number of para-hydroxylation sites is 1. The molecule has 5 heteroatoms. The third-order valence-corrected chi connectivity index (χ3v) is 2.59. The first-order chi connectivity index (χ1) is 9.10. The van der Waals surface area contributed by atoms with E-state index in [1.807, 2.05) is 37.3 Å². The number of aryl methyl sites for hydroxylation is 1. The molecule has 98 valence electrons. The molecule has 2 rings (SSSR count). The Morgan fingerprint density at radius 2 is 2.05 bits per heavy atom. The lowest BCUT2D eigenvalue weighted by atomic mass is 10.1. The minimum Gasteiger partial charge on any atom is -0.496 e. The largest absolute Gasteiger partial charge is 0.496 e. The average molecular weight is 258 g/mol. The molecule has 0 amide bonds. The van der Waals surface area contributed by atoms with Gasteiger partial charge in [0.2, 0.25) is 0 Å². The first-order valence-electron chi connectivity index (χ1n) is 5.80. The van der Waals surface area contributed by atoms with Gasteiger partial charge in [0, 0.05) is 11.3 Å². The molecule has 1 heterocycles. The Balaban J connectivity index is 2.49. The fourth-order valence-electron chi connectivity index (χ4n) is 1.84. The Morgan fingerprint density at radius 1 is 1.32 bits per heavy atom.